The third-order valence-corrected chi connectivity index (χ3v) is 5.63. The summed E-state index contributed by atoms with van der Waals surface area (Å²) >= 11 is 0. The van der Waals surface area contributed by atoms with Crippen molar-refractivity contribution >= 4 is 39.8 Å². The van der Waals surface area contributed by atoms with Crippen LogP contribution in [0.15, 0.2) is 60.9 Å². The molecule has 2 aromatic heterocycles. The molecule has 4 rings (SSSR count). The van der Waals surface area contributed by atoms with Gasteiger partial charge < -0.3 is 30.4 Å². The van der Waals surface area contributed by atoms with Crippen LogP contribution < -0.4 is 10.6 Å². The summed E-state index contributed by atoms with van der Waals surface area (Å²) in [5.41, 5.74) is 3.82. The first-order chi connectivity index (χ1) is 16.5. The first kappa shape index (κ1) is 22.9. The second-order valence-electron chi connectivity index (χ2n) is 7.94. The minimum absolute atomic E-state index is 0.0319. The Morgan fingerprint density at radius 1 is 0.912 bits per heavy atom. The van der Waals surface area contributed by atoms with E-state index in [1.54, 1.807) is 6.20 Å². The van der Waals surface area contributed by atoms with Gasteiger partial charge in [-0.1, -0.05) is 36.4 Å². The van der Waals surface area contributed by atoms with Crippen LogP contribution in [0.4, 0.5) is 4.79 Å². The van der Waals surface area contributed by atoms with E-state index in [-0.39, 0.29) is 26.0 Å². The van der Waals surface area contributed by atoms with E-state index in [0.29, 0.717) is 6.42 Å². The highest BCUT2D eigenvalue weighted by atomic mass is 16.5. The monoisotopic (exact) mass is 462 g/mol. The van der Waals surface area contributed by atoms with Crippen LogP contribution in [0.3, 0.4) is 0 Å². The SMILES string of the molecule is O=C(O)CCNC(=O)[C@H](Cc1c[nH]c2ccccc12)NC(=O)OCCc1c[nH]c2ccccc12. The molecule has 2 aromatic carbocycles. The number of alkyl carbamates (subject to hydrolysis) is 1. The molecule has 0 bridgehead atoms. The Balaban J connectivity index is 1.38. The van der Waals surface area contributed by atoms with Crippen molar-refractivity contribution in [2.75, 3.05) is 13.2 Å². The number of carboxylic acids is 1. The molecule has 5 N–H and O–H groups in total. The molecule has 0 saturated heterocycles. The molecule has 4 aromatic rings. The number of aromatic amines is 2. The van der Waals surface area contributed by atoms with E-state index < -0.39 is 24.0 Å². The van der Waals surface area contributed by atoms with Gasteiger partial charge >= 0.3 is 12.1 Å². The Morgan fingerprint density at radius 2 is 1.53 bits per heavy atom. The molecule has 0 radical (unpaired) electrons. The average molecular weight is 463 g/mol. The van der Waals surface area contributed by atoms with Crippen molar-refractivity contribution in [3.05, 3.63) is 72.1 Å². The van der Waals surface area contributed by atoms with E-state index in [9.17, 15) is 14.4 Å². The minimum Gasteiger partial charge on any atom is -0.481 e. The summed E-state index contributed by atoms with van der Waals surface area (Å²) in [4.78, 5) is 42.4. The number of carboxylic acid groups (broad SMARTS) is 1. The van der Waals surface area contributed by atoms with Crippen LogP contribution in [0, 0.1) is 0 Å². The van der Waals surface area contributed by atoms with Crippen LogP contribution in [-0.2, 0) is 27.2 Å². The maximum atomic E-state index is 12.7. The zero-order chi connectivity index (χ0) is 23.9. The quantitative estimate of drug-likeness (QED) is 0.247. The minimum atomic E-state index is -1.02. The molecule has 2 heterocycles. The van der Waals surface area contributed by atoms with Gasteiger partial charge in [-0.05, 0) is 23.3 Å². The molecule has 0 fully saturated rings. The van der Waals surface area contributed by atoms with E-state index in [0.717, 1.165) is 32.9 Å². The summed E-state index contributed by atoms with van der Waals surface area (Å²) in [6, 6.07) is 14.6. The Labute approximate surface area is 195 Å². The number of hydrogen-bond acceptors (Lipinski definition) is 4. The molecule has 9 heteroatoms. The van der Waals surface area contributed by atoms with E-state index >= 15 is 0 Å². The predicted octanol–water partition coefficient (Wildman–Crippen LogP) is 3.12. The summed E-state index contributed by atoms with van der Waals surface area (Å²) < 4.78 is 5.35. The van der Waals surface area contributed by atoms with Crippen molar-refractivity contribution in [1.82, 2.24) is 20.6 Å². The first-order valence-corrected chi connectivity index (χ1v) is 11.0. The smallest absolute Gasteiger partial charge is 0.407 e. The fraction of sp³-hybridized carbons (Fsp3) is 0.240. The van der Waals surface area contributed by atoms with E-state index in [1.165, 1.54) is 0 Å². The van der Waals surface area contributed by atoms with Crippen molar-refractivity contribution in [2.24, 2.45) is 0 Å². The highest BCUT2D eigenvalue weighted by Gasteiger charge is 2.23. The zero-order valence-corrected chi connectivity index (χ0v) is 18.5. The van der Waals surface area contributed by atoms with Crippen molar-refractivity contribution in [3.8, 4) is 0 Å². The van der Waals surface area contributed by atoms with Crippen LogP contribution in [0.2, 0.25) is 0 Å². The molecule has 0 saturated carbocycles. The van der Waals surface area contributed by atoms with Crippen LogP contribution in [0.25, 0.3) is 21.8 Å². The number of nitrogens with one attached hydrogen (secondary N) is 4. The number of benzene rings is 2. The topological polar surface area (TPSA) is 136 Å². The predicted molar refractivity (Wildman–Crippen MR) is 128 cm³/mol. The molecule has 34 heavy (non-hydrogen) atoms. The number of aliphatic carboxylic acids is 1. The Bertz CT molecular complexity index is 1310. The highest BCUT2D eigenvalue weighted by molar-refractivity contribution is 5.88. The van der Waals surface area contributed by atoms with Gasteiger partial charge in [0.2, 0.25) is 5.91 Å². The molecule has 9 nitrogen and oxygen atoms in total. The lowest BCUT2D eigenvalue weighted by Gasteiger charge is -2.18. The molecule has 0 aliphatic heterocycles. The average Bonchev–Trinajstić information content (AvgIpc) is 3.43. The normalized spacial score (nSPS) is 11.9. The lowest BCUT2D eigenvalue weighted by molar-refractivity contribution is -0.137. The second kappa shape index (κ2) is 10.6. The standard InChI is InChI=1S/C25H26N4O5/c30-23(31)9-11-26-24(32)22(13-17-15-28-21-8-4-2-6-19(17)21)29-25(33)34-12-10-16-14-27-20-7-3-1-5-18(16)20/h1-8,14-15,22,27-28H,9-13H2,(H,26,32)(H,29,33)(H,30,31)/t22-/m0/s1. The maximum absolute atomic E-state index is 12.7. The fourth-order valence-corrected chi connectivity index (χ4v) is 3.92. The number of hydrogen-bond donors (Lipinski definition) is 5. The fourth-order valence-electron chi connectivity index (χ4n) is 3.92. The van der Waals surface area contributed by atoms with E-state index in [4.69, 9.17) is 9.84 Å². The number of H-pyrrole nitrogens is 2. The largest absolute Gasteiger partial charge is 0.481 e. The Morgan fingerprint density at radius 3 is 2.21 bits per heavy atom. The Kier molecular flexibility index (Phi) is 7.12. The van der Waals surface area contributed by atoms with Crippen LogP contribution in [0.1, 0.15) is 17.5 Å². The molecular weight excluding hydrogens is 436 g/mol. The number of aromatic nitrogens is 2. The summed E-state index contributed by atoms with van der Waals surface area (Å²) in [5, 5.41) is 16.1. The molecule has 1 atom stereocenters. The summed E-state index contributed by atoms with van der Waals surface area (Å²) in [7, 11) is 0. The summed E-state index contributed by atoms with van der Waals surface area (Å²) in [5.74, 6) is -1.49. The molecule has 0 spiro atoms. The van der Waals surface area contributed by atoms with Crippen molar-refractivity contribution < 1.29 is 24.2 Å². The first-order valence-electron chi connectivity index (χ1n) is 11.0. The number of carbonyl (C=O) groups is 3. The van der Waals surface area contributed by atoms with Crippen molar-refractivity contribution in [3.63, 3.8) is 0 Å². The van der Waals surface area contributed by atoms with Gasteiger partial charge in [0.05, 0.1) is 13.0 Å². The van der Waals surface area contributed by atoms with Gasteiger partial charge in [0, 0.05) is 53.6 Å². The number of fused-ring (bicyclic) bond motifs is 2. The van der Waals surface area contributed by atoms with Crippen molar-refractivity contribution in [1.29, 1.82) is 0 Å². The van der Waals surface area contributed by atoms with Crippen LogP contribution in [0.5, 0.6) is 0 Å². The van der Waals surface area contributed by atoms with Gasteiger partial charge in [-0.15, -0.1) is 0 Å². The number of amides is 2. The maximum Gasteiger partial charge on any atom is 0.407 e. The lowest BCUT2D eigenvalue weighted by atomic mass is 10.0. The summed E-state index contributed by atoms with van der Waals surface area (Å²) in [6.45, 7) is 0.115. The lowest BCUT2D eigenvalue weighted by Crippen LogP contribution is -2.48. The number of ether oxygens (including phenoxy) is 1. The highest BCUT2D eigenvalue weighted by Crippen LogP contribution is 2.20. The van der Waals surface area contributed by atoms with Crippen LogP contribution >= 0.6 is 0 Å². The van der Waals surface area contributed by atoms with Gasteiger partial charge in [0.1, 0.15) is 6.04 Å². The number of para-hydroxylation sites is 2. The van der Waals surface area contributed by atoms with E-state index in [2.05, 4.69) is 20.6 Å². The molecule has 0 aliphatic rings. The zero-order valence-electron chi connectivity index (χ0n) is 18.5. The molecule has 0 unspecified atom stereocenters. The van der Waals surface area contributed by atoms with Crippen molar-refractivity contribution in [2.45, 2.75) is 25.3 Å². The second-order valence-corrected chi connectivity index (χ2v) is 7.94. The molecule has 0 aliphatic carbocycles. The molecular formula is C25H26N4O5. The van der Waals surface area contributed by atoms with Crippen LogP contribution in [-0.4, -0.2) is 52.2 Å². The molecule has 176 valence electrons. The number of carbonyl (C=O) groups excluding carboxylic acids is 2. The van der Waals surface area contributed by atoms with Gasteiger partial charge in [-0.3, -0.25) is 9.59 Å². The molecule has 2 amide bonds. The van der Waals surface area contributed by atoms with Gasteiger partial charge in [0.15, 0.2) is 0 Å². The third-order valence-electron chi connectivity index (χ3n) is 5.63. The Hall–Kier alpha value is -4.27. The van der Waals surface area contributed by atoms with Gasteiger partial charge in [0.25, 0.3) is 0 Å². The van der Waals surface area contributed by atoms with E-state index in [1.807, 2.05) is 54.7 Å². The van der Waals surface area contributed by atoms with Gasteiger partial charge in [-0.25, -0.2) is 4.79 Å². The number of rotatable bonds is 10. The third kappa shape index (κ3) is 5.55. The van der Waals surface area contributed by atoms with Gasteiger partial charge in [-0.2, -0.15) is 0 Å². The summed E-state index contributed by atoms with van der Waals surface area (Å²) in [6.07, 6.45) is 3.52.